The normalized spacial score (nSPS) is 26.9. The molecular weight excluding hydrogens is 1100 g/mol. The van der Waals surface area contributed by atoms with Crippen molar-refractivity contribution in [2.45, 2.75) is 223 Å². The fourth-order valence-corrected chi connectivity index (χ4v) is 11.2. The van der Waals surface area contributed by atoms with Gasteiger partial charge in [-0.2, -0.15) is 0 Å². The van der Waals surface area contributed by atoms with Crippen LogP contribution in [0.5, 0.6) is 0 Å². The minimum atomic E-state index is -1.61. The second-order valence-corrected chi connectivity index (χ2v) is 26.5. The summed E-state index contributed by atoms with van der Waals surface area (Å²) in [5, 5.41) is 20.3. The summed E-state index contributed by atoms with van der Waals surface area (Å²) in [7, 11) is 11.4. The van der Waals surface area contributed by atoms with Gasteiger partial charge in [-0.25, -0.2) is 0 Å². The average molecular weight is 1220 g/mol. The third-order valence-electron chi connectivity index (χ3n) is 16.5. The van der Waals surface area contributed by atoms with Crippen LogP contribution in [-0.4, -0.2) is 239 Å². The number of nitrogens with zero attached hydrogens (tertiary/aromatic N) is 8. The Kier molecular flexibility index (Phi) is 31.7. The Balaban J connectivity index is 4.37. The number of likely N-dealkylation sites (N-methyl/N-ethyl adjacent to an activating group) is 8. The van der Waals surface area contributed by atoms with E-state index in [0.29, 0.717) is 6.42 Å². The summed E-state index contributed by atoms with van der Waals surface area (Å²) in [6.07, 6.45) is 3.06. The first kappa shape index (κ1) is 77.9. The maximum atomic E-state index is 15.2. The van der Waals surface area contributed by atoms with Crippen molar-refractivity contribution in [3.8, 4) is 0 Å². The molecule has 0 radical (unpaired) electrons. The van der Waals surface area contributed by atoms with Crippen LogP contribution < -0.4 is 16.0 Å². The monoisotopic (exact) mass is 1220 g/mol. The Morgan fingerprint density at radius 1 is 0.442 bits per heavy atom. The van der Waals surface area contributed by atoms with Gasteiger partial charge in [0.2, 0.25) is 65.0 Å². The van der Waals surface area contributed by atoms with Gasteiger partial charge in [0, 0.05) is 56.4 Å². The highest BCUT2D eigenvalue weighted by atomic mass is 16.3. The third kappa shape index (κ3) is 21.0. The van der Waals surface area contributed by atoms with E-state index in [1.807, 2.05) is 61.5 Å². The molecule has 23 nitrogen and oxygen atoms in total. The topological polar surface area (TPSA) is 270 Å². The van der Waals surface area contributed by atoms with Gasteiger partial charge in [-0.15, -0.1) is 0 Å². The van der Waals surface area contributed by atoms with Crippen molar-refractivity contribution < 1.29 is 57.8 Å². The molecule has 11 amide bonds. The SMILES string of the molecule is C/C=C/C[C@@H](C)[C@@H](O)[C@H]1C(=O)N[C@H](CC)C(=O)N(C)CC(=O)N(C)[C@@H](CC(C)C)C(=O)N(C)[C@@H](C(C)C)C(=O)N(C)[C@H](CC(C)C)C(=O)N[C@@H](C)C(=O)N[C@H](C)C(=O)N(C)[C@@H](CC(C)C)C(=O)N(C)[C@@H](CC(C)C)C(=O)N(C)[C@H](C(C)C)C(=O)N1C. The number of hydrogen-bond acceptors (Lipinski definition) is 12. The molecule has 1 saturated heterocycles. The molecule has 1 rings (SSSR count). The second kappa shape index (κ2) is 35.0. The lowest BCUT2D eigenvalue weighted by Crippen LogP contribution is -2.63. The summed E-state index contributed by atoms with van der Waals surface area (Å²) < 4.78 is 0. The largest absolute Gasteiger partial charge is 0.390 e. The van der Waals surface area contributed by atoms with Crippen molar-refractivity contribution >= 4 is 65.0 Å². The fourth-order valence-electron chi connectivity index (χ4n) is 11.2. The van der Waals surface area contributed by atoms with Gasteiger partial charge in [0.25, 0.3) is 0 Å². The number of carbonyl (C=O) groups excluding carboxylic acids is 11. The van der Waals surface area contributed by atoms with E-state index in [1.165, 1.54) is 99.6 Å². The number of carbonyl (C=O) groups is 11. The highest BCUT2D eigenvalue weighted by molar-refractivity contribution is 5.99. The summed E-state index contributed by atoms with van der Waals surface area (Å²) in [5.74, 6) is -9.54. The molecule has 0 bridgehead atoms. The van der Waals surface area contributed by atoms with E-state index >= 15 is 9.59 Å². The van der Waals surface area contributed by atoms with E-state index in [4.69, 9.17) is 0 Å². The smallest absolute Gasteiger partial charge is 0.246 e. The molecule has 0 aromatic rings. The van der Waals surface area contributed by atoms with Gasteiger partial charge in [-0.1, -0.05) is 109 Å². The Morgan fingerprint density at radius 3 is 1.21 bits per heavy atom. The van der Waals surface area contributed by atoms with Gasteiger partial charge in [-0.3, -0.25) is 52.7 Å². The zero-order chi connectivity index (χ0) is 66.8. The molecule has 0 aromatic carbocycles. The molecule has 1 aliphatic heterocycles. The van der Waals surface area contributed by atoms with Gasteiger partial charge in [0.1, 0.15) is 60.4 Å². The van der Waals surface area contributed by atoms with Crippen molar-refractivity contribution in [2.75, 3.05) is 62.9 Å². The van der Waals surface area contributed by atoms with Crippen LogP contribution in [0.15, 0.2) is 12.2 Å². The number of allylic oxidation sites excluding steroid dienone is 2. The number of rotatable bonds is 15. The molecule has 1 heterocycles. The van der Waals surface area contributed by atoms with E-state index < -0.39 is 156 Å². The first-order valence-corrected chi connectivity index (χ1v) is 31.0. The van der Waals surface area contributed by atoms with Crippen LogP contribution >= 0.6 is 0 Å². The molecule has 0 unspecified atom stereocenters. The second-order valence-electron chi connectivity index (χ2n) is 26.5. The average Bonchev–Trinajstić information content (AvgIpc) is 1.52. The maximum Gasteiger partial charge on any atom is 0.246 e. The van der Waals surface area contributed by atoms with E-state index in [0.717, 1.165) is 9.80 Å². The summed E-state index contributed by atoms with van der Waals surface area (Å²) in [6, 6.07) is -12.3. The first-order valence-electron chi connectivity index (χ1n) is 31.0. The minimum absolute atomic E-state index is 0.0237. The lowest BCUT2D eigenvalue weighted by atomic mass is 9.91. The number of amides is 11. The van der Waals surface area contributed by atoms with Gasteiger partial charge in [0.15, 0.2) is 0 Å². The van der Waals surface area contributed by atoms with Gasteiger partial charge in [0.05, 0.1) is 12.6 Å². The molecule has 4 N–H and O–H groups in total. The number of aliphatic hydroxyl groups excluding tert-OH is 1. The lowest BCUT2D eigenvalue weighted by molar-refractivity contribution is -0.157. The Hall–Kier alpha value is -6.13. The summed E-state index contributed by atoms with van der Waals surface area (Å²) >= 11 is 0. The van der Waals surface area contributed by atoms with E-state index in [9.17, 15) is 48.3 Å². The van der Waals surface area contributed by atoms with Gasteiger partial charge < -0.3 is 60.3 Å². The molecule has 12 atom stereocenters. The van der Waals surface area contributed by atoms with Crippen molar-refractivity contribution in [3.05, 3.63) is 12.2 Å². The van der Waals surface area contributed by atoms with Crippen LogP contribution in [0.25, 0.3) is 0 Å². The highest BCUT2D eigenvalue weighted by Crippen LogP contribution is 2.26. The highest BCUT2D eigenvalue weighted by Gasteiger charge is 2.46. The quantitative estimate of drug-likeness (QED) is 0.171. The number of nitrogens with one attached hydrogen (secondary N) is 3. The zero-order valence-electron chi connectivity index (χ0n) is 57.0. The summed E-state index contributed by atoms with van der Waals surface area (Å²) in [5.41, 5.74) is 0. The van der Waals surface area contributed by atoms with Crippen LogP contribution in [0.4, 0.5) is 0 Å². The minimum Gasteiger partial charge on any atom is -0.390 e. The molecule has 1 fully saturated rings. The molecular formula is C63H113N11O12. The Labute approximate surface area is 515 Å². The van der Waals surface area contributed by atoms with Crippen molar-refractivity contribution in [2.24, 2.45) is 41.4 Å². The molecule has 0 spiro atoms. The molecule has 86 heavy (non-hydrogen) atoms. The first-order chi connectivity index (χ1) is 39.6. The molecule has 0 saturated carbocycles. The van der Waals surface area contributed by atoms with Crippen molar-refractivity contribution in [1.82, 2.24) is 55.1 Å². The van der Waals surface area contributed by atoms with Gasteiger partial charge in [-0.05, 0) is 101 Å². The molecule has 0 aliphatic carbocycles. The molecule has 0 aromatic heterocycles. The maximum absolute atomic E-state index is 15.2. The van der Waals surface area contributed by atoms with E-state index in [2.05, 4.69) is 16.0 Å². The van der Waals surface area contributed by atoms with Crippen LogP contribution in [0.1, 0.15) is 156 Å². The van der Waals surface area contributed by atoms with Crippen LogP contribution in [0.3, 0.4) is 0 Å². The standard InChI is InChI=1S/C63H113N11O12/c1-26-28-29-41(15)53(76)52-56(79)66-44(27-2)58(81)67(18)34-49(75)68(19)46(31-36(5)6)60(83)72(23)50(39(11)12)62(85)69(20)45(30-35(3)4)55(78)64-42(16)54(77)65-43(17)57(80)70(21)47(32-37(7)8)59(82)71(22)48(33-38(9)10)61(84)73(24)51(40(13)14)63(86)74(52)25/h26,28,35-48,50-53,76H,27,29-34H2,1-25H3,(H,64,78)(H,65,77)(H,66,79)/b28-26+/t41-,42+,43-,44-,45-,46+,47+,48+,50+,51-,52+,53-/m1/s1. The molecule has 492 valence electrons. The fraction of sp³-hybridized carbons (Fsp3) is 0.794. The molecule has 1 aliphatic rings. The zero-order valence-corrected chi connectivity index (χ0v) is 57.0. The van der Waals surface area contributed by atoms with Crippen molar-refractivity contribution in [3.63, 3.8) is 0 Å². The predicted octanol–water partition coefficient (Wildman–Crippen LogP) is 3.61. The number of hydrogen-bond donors (Lipinski definition) is 4. The summed E-state index contributed by atoms with van der Waals surface area (Å²) in [4.78, 5) is 171. The van der Waals surface area contributed by atoms with E-state index in [-0.39, 0.29) is 55.8 Å². The van der Waals surface area contributed by atoms with Crippen LogP contribution in [0.2, 0.25) is 0 Å². The lowest BCUT2D eigenvalue weighted by Gasteiger charge is -2.41. The molecule has 23 heteroatoms. The number of aliphatic hydroxyl groups is 1. The van der Waals surface area contributed by atoms with Crippen LogP contribution in [0, 0.1) is 41.4 Å². The van der Waals surface area contributed by atoms with Gasteiger partial charge >= 0.3 is 0 Å². The van der Waals surface area contributed by atoms with Crippen molar-refractivity contribution in [1.29, 1.82) is 0 Å². The van der Waals surface area contributed by atoms with Crippen LogP contribution in [-0.2, 0) is 52.7 Å². The predicted molar refractivity (Wildman–Crippen MR) is 333 cm³/mol. The Bertz CT molecular complexity index is 2360. The Morgan fingerprint density at radius 2 is 0.802 bits per heavy atom. The third-order valence-corrected chi connectivity index (χ3v) is 16.5. The van der Waals surface area contributed by atoms with E-state index in [1.54, 1.807) is 54.5 Å². The summed E-state index contributed by atoms with van der Waals surface area (Å²) in [6.45, 7) is 29.5.